The molecule has 264 valence electrons. The fraction of sp³-hybridized carbons (Fsp3) is 0.0189. The number of hydrogen-bond donors (Lipinski definition) is 0. The predicted octanol–water partition coefficient (Wildman–Crippen LogP) is 15.2. The molecule has 0 fully saturated rings. The molecule has 10 aromatic rings. The summed E-state index contributed by atoms with van der Waals surface area (Å²) in [6.07, 6.45) is 6.28. The summed E-state index contributed by atoms with van der Waals surface area (Å²) < 4.78 is 1.24. The number of aromatic nitrogens is 2. The fourth-order valence-corrected chi connectivity index (χ4v) is 9.30. The average molecular weight is 733 g/mol. The smallest absolute Gasteiger partial charge is 0.160 e. The molecule has 0 aliphatic rings. The van der Waals surface area contributed by atoms with Crippen molar-refractivity contribution in [2.45, 2.75) is 6.92 Å². The van der Waals surface area contributed by atoms with Crippen LogP contribution in [-0.4, -0.2) is 9.97 Å². The molecule has 2 aromatic heterocycles. The second kappa shape index (κ2) is 14.0. The quantitative estimate of drug-likeness (QED) is 0.153. The van der Waals surface area contributed by atoms with E-state index in [1.54, 1.807) is 11.3 Å². The molecule has 0 aliphatic heterocycles. The highest BCUT2D eigenvalue weighted by molar-refractivity contribution is 7.20. The topological polar surface area (TPSA) is 25.8 Å². The lowest BCUT2D eigenvalue weighted by atomic mass is 9.90. The van der Waals surface area contributed by atoms with Crippen LogP contribution in [0.5, 0.6) is 0 Å². The van der Waals surface area contributed by atoms with E-state index in [1.165, 1.54) is 58.4 Å². The maximum Gasteiger partial charge on any atom is 0.160 e. The number of hydrogen-bond acceptors (Lipinski definition) is 3. The van der Waals surface area contributed by atoms with Gasteiger partial charge in [-0.25, -0.2) is 9.97 Å². The number of allylic oxidation sites excluding steroid dienone is 1. The maximum atomic E-state index is 5.28. The number of fused-ring (bicyclic) bond motifs is 7. The van der Waals surface area contributed by atoms with Gasteiger partial charge in [0.25, 0.3) is 0 Å². The van der Waals surface area contributed by atoms with Gasteiger partial charge >= 0.3 is 0 Å². The molecule has 0 N–H and O–H groups in total. The van der Waals surface area contributed by atoms with Gasteiger partial charge in [0, 0.05) is 31.7 Å². The van der Waals surface area contributed by atoms with E-state index < -0.39 is 0 Å². The van der Waals surface area contributed by atoms with E-state index >= 15 is 0 Å². The van der Waals surface area contributed by atoms with Crippen LogP contribution < -0.4 is 0 Å². The number of rotatable bonds is 7. The molecule has 2 nitrogen and oxygen atoms in total. The first-order valence-corrected chi connectivity index (χ1v) is 19.8. The van der Waals surface area contributed by atoms with Crippen LogP contribution in [0.3, 0.4) is 0 Å². The van der Waals surface area contributed by atoms with Gasteiger partial charge in [-0.15, -0.1) is 11.3 Å². The zero-order chi connectivity index (χ0) is 37.6. The van der Waals surface area contributed by atoms with E-state index in [4.69, 9.17) is 9.97 Å². The second-order valence-electron chi connectivity index (χ2n) is 14.1. The number of benzene rings is 8. The fourth-order valence-electron chi connectivity index (χ4n) is 8.13. The standard InChI is InChI=1S/C53H36N2S/c1-3-16-46-47-26-15-25-40(52(47)56-51(46)4-2)38-29-37(36-27-28-45-43-23-12-11-21-41(43)42-22-13-14-24-44(42)48(45)32-36)30-39(31-38)50-33-49(34-17-7-5-8-18-34)54-53(55-50)35-19-9-6-10-20-35/h3-33H,2H2,1H3/b16-3-. The van der Waals surface area contributed by atoms with Crippen LogP contribution in [0.2, 0.25) is 0 Å². The highest BCUT2D eigenvalue weighted by atomic mass is 32.1. The molecule has 0 unspecified atom stereocenters. The summed E-state index contributed by atoms with van der Waals surface area (Å²) in [7, 11) is 0. The molecule has 0 saturated heterocycles. The lowest BCUT2D eigenvalue weighted by Gasteiger charge is -2.15. The Hall–Kier alpha value is -6.94. The average Bonchev–Trinajstić information content (AvgIpc) is 3.64. The van der Waals surface area contributed by atoms with Gasteiger partial charge in [-0.3, -0.25) is 0 Å². The molecule has 56 heavy (non-hydrogen) atoms. The van der Waals surface area contributed by atoms with Gasteiger partial charge in [-0.1, -0.05) is 164 Å². The molecule has 0 amide bonds. The molecule has 10 rings (SSSR count). The third kappa shape index (κ3) is 5.81. The summed E-state index contributed by atoms with van der Waals surface area (Å²) in [5.41, 5.74) is 10.6. The third-order valence-corrected chi connectivity index (χ3v) is 12.0. The first kappa shape index (κ1) is 33.6. The highest BCUT2D eigenvalue weighted by Gasteiger charge is 2.18. The minimum Gasteiger partial charge on any atom is -0.228 e. The van der Waals surface area contributed by atoms with Crippen molar-refractivity contribution in [1.29, 1.82) is 0 Å². The van der Waals surface area contributed by atoms with E-state index in [-0.39, 0.29) is 0 Å². The Morgan fingerprint density at radius 2 is 1.00 bits per heavy atom. The van der Waals surface area contributed by atoms with Crippen LogP contribution in [0.4, 0.5) is 0 Å². The molecule has 0 bridgehead atoms. The lowest BCUT2D eigenvalue weighted by molar-refractivity contribution is 1.18. The molecule has 2 heterocycles. The Morgan fingerprint density at radius 1 is 0.446 bits per heavy atom. The maximum absolute atomic E-state index is 5.28. The molecular weight excluding hydrogens is 697 g/mol. The van der Waals surface area contributed by atoms with Crippen molar-refractivity contribution >= 4 is 65.9 Å². The predicted molar refractivity (Wildman–Crippen MR) is 242 cm³/mol. The van der Waals surface area contributed by atoms with Gasteiger partial charge in [-0.2, -0.15) is 0 Å². The lowest BCUT2D eigenvalue weighted by Crippen LogP contribution is -1.96. The first-order valence-electron chi connectivity index (χ1n) is 19.0. The number of nitrogens with zero attached hydrogens (tertiary/aromatic N) is 2. The summed E-state index contributed by atoms with van der Waals surface area (Å²) in [6.45, 7) is 6.24. The van der Waals surface area contributed by atoms with Crippen molar-refractivity contribution < 1.29 is 0 Å². The Labute approximate surface area is 330 Å². The van der Waals surface area contributed by atoms with Crippen LogP contribution in [0.25, 0.3) is 111 Å². The zero-order valence-electron chi connectivity index (χ0n) is 30.9. The van der Waals surface area contributed by atoms with Crippen LogP contribution in [-0.2, 0) is 0 Å². The van der Waals surface area contributed by atoms with Crippen LogP contribution in [0, 0.1) is 0 Å². The third-order valence-electron chi connectivity index (χ3n) is 10.7. The molecule has 3 heteroatoms. The summed E-state index contributed by atoms with van der Waals surface area (Å²) in [4.78, 5) is 11.6. The van der Waals surface area contributed by atoms with Gasteiger partial charge in [0.05, 0.1) is 11.4 Å². The summed E-state index contributed by atoms with van der Waals surface area (Å²) in [6, 6.07) is 60.9. The molecular formula is C53H36N2S. The molecule has 0 atom stereocenters. The SMILES string of the molecule is C=Cc1sc2c(-c3cc(-c4ccc5c6ccccc6c6ccccc6c5c4)cc(-c4cc(-c5ccccc5)nc(-c5ccccc5)n4)c3)cccc2c1/C=C\C. The Balaban J connectivity index is 1.25. The van der Waals surface area contributed by atoms with E-state index in [1.807, 2.05) is 30.3 Å². The van der Waals surface area contributed by atoms with Crippen LogP contribution in [0.15, 0.2) is 183 Å². The van der Waals surface area contributed by atoms with Gasteiger partial charge < -0.3 is 0 Å². The normalized spacial score (nSPS) is 11.7. The Bertz CT molecular complexity index is 3060. The Morgan fingerprint density at radius 3 is 1.66 bits per heavy atom. The van der Waals surface area contributed by atoms with Gasteiger partial charge in [-0.05, 0) is 97.4 Å². The molecule has 0 saturated carbocycles. The van der Waals surface area contributed by atoms with Crippen molar-refractivity contribution in [3.05, 3.63) is 193 Å². The molecule has 0 spiro atoms. The Kier molecular flexibility index (Phi) is 8.43. The molecule has 0 radical (unpaired) electrons. The van der Waals surface area contributed by atoms with Crippen molar-refractivity contribution in [3.8, 4) is 56.2 Å². The van der Waals surface area contributed by atoms with Crippen molar-refractivity contribution in [2.75, 3.05) is 0 Å². The first-order chi connectivity index (χ1) is 27.7. The largest absolute Gasteiger partial charge is 0.228 e. The summed E-state index contributed by atoms with van der Waals surface area (Å²) >= 11 is 1.80. The van der Waals surface area contributed by atoms with Crippen molar-refractivity contribution in [2.24, 2.45) is 0 Å². The van der Waals surface area contributed by atoms with Crippen LogP contribution >= 0.6 is 11.3 Å². The van der Waals surface area contributed by atoms with Crippen molar-refractivity contribution in [3.63, 3.8) is 0 Å². The van der Waals surface area contributed by atoms with Gasteiger partial charge in [0.1, 0.15) is 0 Å². The molecule has 0 aliphatic carbocycles. The van der Waals surface area contributed by atoms with Gasteiger partial charge in [0.2, 0.25) is 0 Å². The van der Waals surface area contributed by atoms with Gasteiger partial charge in [0.15, 0.2) is 5.82 Å². The molecule has 8 aromatic carbocycles. The highest BCUT2D eigenvalue weighted by Crippen LogP contribution is 2.43. The zero-order valence-corrected chi connectivity index (χ0v) is 31.7. The van der Waals surface area contributed by atoms with E-state index in [2.05, 4.69) is 171 Å². The minimum absolute atomic E-state index is 0.699. The second-order valence-corrected chi connectivity index (χ2v) is 15.2. The number of thiophene rings is 1. The van der Waals surface area contributed by atoms with E-state index in [9.17, 15) is 0 Å². The minimum atomic E-state index is 0.699. The van der Waals surface area contributed by atoms with E-state index in [0.29, 0.717) is 5.82 Å². The van der Waals surface area contributed by atoms with Crippen molar-refractivity contribution in [1.82, 2.24) is 9.97 Å². The van der Waals surface area contributed by atoms with Crippen LogP contribution in [0.1, 0.15) is 17.4 Å². The summed E-state index contributed by atoms with van der Waals surface area (Å²) in [5.74, 6) is 0.699. The monoisotopic (exact) mass is 732 g/mol. The summed E-state index contributed by atoms with van der Waals surface area (Å²) in [5, 5.41) is 8.81. The van der Waals surface area contributed by atoms with E-state index in [0.717, 1.165) is 44.8 Å².